The maximum absolute atomic E-state index is 4.42. The van der Waals surface area contributed by atoms with Gasteiger partial charge in [0.2, 0.25) is 5.95 Å². The number of rotatable bonds is 3. The normalized spacial score (nSPS) is 25.1. The molecule has 0 aromatic carbocycles. The molecular weight excluding hydrogens is 200 g/mol. The summed E-state index contributed by atoms with van der Waals surface area (Å²) in [6.07, 6.45) is 3.82. The number of aromatic nitrogens is 2. The number of nitrogens with one attached hydrogen (secondary N) is 1. The number of hydrogen-bond acceptors (Lipinski definition) is 4. The lowest BCUT2D eigenvalue weighted by molar-refractivity contribution is 0.494. The van der Waals surface area contributed by atoms with Crippen molar-refractivity contribution in [3.8, 4) is 0 Å². The lowest BCUT2D eigenvalue weighted by Gasteiger charge is -2.15. The third-order valence-electron chi connectivity index (χ3n) is 3.34. The average Bonchev–Trinajstić information content (AvgIpc) is 2.61. The van der Waals surface area contributed by atoms with E-state index in [1.165, 1.54) is 0 Å². The van der Waals surface area contributed by atoms with Gasteiger partial charge in [-0.3, -0.25) is 0 Å². The van der Waals surface area contributed by atoms with Crippen molar-refractivity contribution in [3.05, 3.63) is 18.0 Å². The summed E-state index contributed by atoms with van der Waals surface area (Å²) in [6.45, 7) is 7.56. The van der Waals surface area contributed by atoms with Gasteiger partial charge in [0.25, 0.3) is 0 Å². The van der Waals surface area contributed by atoms with Gasteiger partial charge in [-0.15, -0.1) is 0 Å². The zero-order valence-electron chi connectivity index (χ0n) is 10.3. The highest BCUT2D eigenvalue weighted by atomic mass is 15.3. The first-order chi connectivity index (χ1) is 7.70. The van der Waals surface area contributed by atoms with Crippen LogP contribution in [0.15, 0.2) is 12.4 Å². The van der Waals surface area contributed by atoms with Crippen molar-refractivity contribution in [2.75, 3.05) is 25.0 Å². The Balaban J connectivity index is 2.05. The molecule has 0 amide bonds. The number of hydrogen-bond donors (Lipinski definition) is 1. The summed E-state index contributed by atoms with van der Waals surface area (Å²) in [5, 5.41) is 3.09. The Morgan fingerprint density at radius 3 is 2.31 bits per heavy atom. The molecule has 1 saturated heterocycles. The maximum Gasteiger partial charge on any atom is 0.225 e. The molecule has 0 bridgehead atoms. The van der Waals surface area contributed by atoms with Gasteiger partial charge in [-0.2, -0.15) is 0 Å². The summed E-state index contributed by atoms with van der Waals surface area (Å²) >= 11 is 0. The van der Waals surface area contributed by atoms with Gasteiger partial charge in [0.15, 0.2) is 0 Å². The molecule has 0 radical (unpaired) electrons. The molecule has 1 aromatic heterocycles. The van der Waals surface area contributed by atoms with Gasteiger partial charge in [0.05, 0.1) is 0 Å². The first-order valence-corrected chi connectivity index (χ1v) is 5.91. The lowest BCUT2D eigenvalue weighted by Crippen LogP contribution is -2.22. The topological polar surface area (TPSA) is 41.1 Å². The van der Waals surface area contributed by atoms with Crippen molar-refractivity contribution in [1.82, 2.24) is 15.3 Å². The van der Waals surface area contributed by atoms with Crippen molar-refractivity contribution < 1.29 is 0 Å². The van der Waals surface area contributed by atoms with Crippen LogP contribution in [-0.2, 0) is 6.54 Å². The first kappa shape index (κ1) is 11.3. The third-order valence-corrected chi connectivity index (χ3v) is 3.34. The molecule has 2 unspecified atom stereocenters. The fourth-order valence-electron chi connectivity index (χ4n) is 2.10. The van der Waals surface area contributed by atoms with Crippen LogP contribution in [0.25, 0.3) is 0 Å². The van der Waals surface area contributed by atoms with Crippen molar-refractivity contribution in [1.29, 1.82) is 0 Å². The van der Waals surface area contributed by atoms with Gasteiger partial charge in [0, 0.05) is 37.6 Å². The fourth-order valence-corrected chi connectivity index (χ4v) is 2.10. The van der Waals surface area contributed by atoms with E-state index in [2.05, 4.69) is 34.0 Å². The van der Waals surface area contributed by atoms with Gasteiger partial charge in [-0.05, 0) is 18.9 Å². The highest BCUT2D eigenvalue weighted by Gasteiger charge is 2.27. The van der Waals surface area contributed by atoms with Gasteiger partial charge < -0.3 is 10.2 Å². The maximum atomic E-state index is 4.42. The zero-order chi connectivity index (χ0) is 11.5. The van der Waals surface area contributed by atoms with Crippen LogP contribution in [0.1, 0.15) is 19.4 Å². The molecule has 2 atom stereocenters. The molecule has 88 valence electrons. The molecule has 1 aromatic rings. The van der Waals surface area contributed by atoms with Crippen molar-refractivity contribution in [3.63, 3.8) is 0 Å². The van der Waals surface area contributed by atoms with E-state index in [9.17, 15) is 0 Å². The van der Waals surface area contributed by atoms with E-state index in [4.69, 9.17) is 0 Å². The highest BCUT2D eigenvalue weighted by Crippen LogP contribution is 2.24. The Morgan fingerprint density at radius 2 is 1.81 bits per heavy atom. The van der Waals surface area contributed by atoms with Crippen LogP contribution in [-0.4, -0.2) is 30.1 Å². The predicted octanol–water partition coefficient (Wildman–Crippen LogP) is 1.29. The van der Waals surface area contributed by atoms with Crippen LogP contribution < -0.4 is 10.2 Å². The Hall–Kier alpha value is -1.16. The molecule has 0 spiro atoms. The van der Waals surface area contributed by atoms with E-state index in [1.54, 1.807) is 0 Å². The summed E-state index contributed by atoms with van der Waals surface area (Å²) in [5.74, 6) is 2.34. The Bertz CT molecular complexity index is 325. The quantitative estimate of drug-likeness (QED) is 0.833. The summed E-state index contributed by atoms with van der Waals surface area (Å²) in [6, 6.07) is 0. The van der Waals surface area contributed by atoms with Gasteiger partial charge in [0.1, 0.15) is 0 Å². The second kappa shape index (κ2) is 4.78. The summed E-state index contributed by atoms with van der Waals surface area (Å²) in [5.41, 5.74) is 1.13. The van der Waals surface area contributed by atoms with Crippen LogP contribution >= 0.6 is 0 Å². The van der Waals surface area contributed by atoms with Gasteiger partial charge in [-0.25, -0.2) is 9.97 Å². The van der Waals surface area contributed by atoms with E-state index in [-0.39, 0.29) is 0 Å². The zero-order valence-corrected chi connectivity index (χ0v) is 10.3. The summed E-state index contributed by atoms with van der Waals surface area (Å²) < 4.78 is 0. The monoisotopic (exact) mass is 220 g/mol. The molecule has 2 heterocycles. The second-order valence-electron chi connectivity index (χ2n) is 4.78. The van der Waals surface area contributed by atoms with Crippen LogP contribution in [0.3, 0.4) is 0 Å². The van der Waals surface area contributed by atoms with Crippen LogP contribution in [0, 0.1) is 11.8 Å². The molecule has 2 rings (SSSR count). The first-order valence-electron chi connectivity index (χ1n) is 5.91. The summed E-state index contributed by atoms with van der Waals surface area (Å²) in [7, 11) is 1.93. The summed E-state index contributed by atoms with van der Waals surface area (Å²) in [4.78, 5) is 11.1. The molecule has 0 aliphatic carbocycles. The number of nitrogens with zero attached hydrogens (tertiary/aromatic N) is 3. The standard InChI is InChI=1S/C12H20N4/c1-9-7-16(8-10(9)2)12-14-5-11(4-13-3)6-15-12/h5-6,9-10,13H,4,7-8H2,1-3H3. The van der Waals surface area contributed by atoms with E-state index in [0.29, 0.717) is 0 Å². The molecule has 1 N–H and O–H groups in total. The van der Waals surface area contributed by atoms with Crippen LogP contribution in [0.4, 0.5) is 5.95 Å². The lowest BCUT2D eigenvalue weighted by atomic mass is 10.0. The molecular formula is C12H20N4. The third kappa shape index (κ3) is 2.32. The molecule has 1 aliphatic rings. The second-order valence-corrected chi connectivity index (χ2v) is 4.78. The Kier molecular flexibility index (Phi) is 3.39. The van der Waals surface area contributed by atoms with Gasteiger partial charge >= 0.3 is 0 Å². The minimum absolute atomic E-state index is 0.737. The predicted molar refractivity (Wildman–Crippen MR) is 65.3 cm³/mol. The Labute approximate surface area is 97.1 Å². The molecule has 16 heavy (non-hydrogen) atoms. The minimum Gasteiger partial charge on any atom is -0.340 e. The molecule has 4 heteroatoms. The van der Waals surface area contributed by atoms with E-state index in [0.717, 1.165) is 43.0 Å². The van der Waals surface area contributed by atoms with Crippen molar-refractivity contribution in [2.24, 2.45) is 11.8 Å². The smallest absolute Gasteiger partial charge is 0.225 e. The van der Waals surface area contributed by atoms with Crippen LogP contribution in [0.2, 0.25) is 0 Å². The van der Waals surface area contributed by atoms with E-state index in [1.807, 2.05) is 19.4 Å². The highest BCUT2D eigenvalue weighted by molar-refractivity contribution is 5.32. The van der Waals surface area contributed by atoms with E-state index < -0.39 is 0 Å². The Morgan fingerprint density at radius 1 is 1.25 bits per heavy atom. The minimum atomic E-state index is 0.737. The average molecular weight is 220 g/mol. The van der Waals surface area contributed by atoms with E-state index >= 15 is 0 Å². The number of anilines is 1. The van der Waals surface area contributed by atoms with Crippen LogP contribution in [0.5, 0.6) is 0 Å². The SMILES string of the molecule is CNCc1cnc(N2CC(C)C(C)C2)nc1. The van der Waals surface area contributed by atoms with Crippen molar-refractivity contribution >= 4 is 5.95 Å². The molecule has 0 saturated carbocycles. The molecule has 1 aliphatic heterocycles. The van der Waals surface area contributed by atoms with Crippen molar-refractivity contribution in [2.45, 2.75) is 20.4 Å². The largest absolute Gasteiger partial charge is 0.340 e. The van der Waals surface area contributed by atoms with Gasteiger partial charge in [-0.1, -0.05) is 13.8 Å². The fraction of sp³-hybridized carbons (Fsp3) is 0.667. The molecule has 4 nitrogen and oxygen atoms in total. The molecule has 1 fully saturated rings.